The van der Waals surface area contributed by atoms with Gasteiger partial charge in [0, 0.05) is 37.7 Å². The van der Waals surface area contributed by atoms with E-state index >= 15 is 0 Å². The summed E-state index contributed by atoms with van der Waals surface area (Å²) in [5.74, 6) is 0. The molecule has 1 aromatic carbocycles. The summed E-state index contributed by atoms with van der Waals surface area (Å²) in [6.45, 7) is 1.94. The zero-order valence-electron chi connectivity index (χ0n) is 13.0. The highest BCUT2D eigenvalue weighted by Gasteiger charge is 2.25. The molecule has 0 radical (unpaired) electrons. The van der Waals surface area contributed by atoms with Crippen LogP contribution in [0.25, 0.3) is 0 Å². The molecule has 122 valence electrons. The average Bonchev–Trinajstić information content (AvgIpc) is 2.62. The standard InChI is InChI=1S/C17H21N3O2S/c21-23(22,20-12-2-1-3-13-20)17-6-4-16(5-7-17)19-14-15-8-10-18-11-9-15/h4-11,19H,1-3,12-14H2. The van der Waals surface area contributed by atoms with Crippen molar-refractivity contribution in [2.24, 2.45) is 0 Å². The molecule has 0 atom stereocenters. The first-order valence-corrected chi connectivity index (χ1v) is 9.33. The van der Waals surface area contributed by atoms with Crippen molar-refractivity contribution < 1.29 is 8.42 Å². The number of piperidine rings is 1. The monoisotopic (exact) mass is 331 g/mol. The number of hydrogen-bond donors (Lipinski definition) is 1. The first kappa shape index (κ1) is 16.0. The number of rotatable bonds is 5. The molecule has 2 heterocycles. The van der Waals surface area contributed by atoms with Gasteiger partial charge in [-0.05, 0) is 54.8 Å². The molecule has 1 aliphatic heterocycles. The van der Waals surface area contributed by atoms with Gasteiger partial charge in [0.15, 0.2) is 0 Å². The van der Waals surface area contributed by atoms with Gasteiger partial charge in [0.05, 0.1) is 4.90 Å². The summed E-state index contributed by atoms with van der Waals surface area (Å²) in [6, 6.07) is 10.9. The SMILES string of the molecule is O=S(=O)(c1ccc(NCc2ccncc2)cc1)N1CCCCC1. The fourth-order valence-corrected chi connectivity index (χ4v) is 4.22. The lowest BCUT2D eigenvalue weighted by Gasteiger charge is -2.25. The van der Waals surface area contributed by atoms with Gasteiger partial charge in [-0.15, -0.1) is 0 Å². The highest BCUT2D eigenvalue weighted by atomic mass is 32.2. The summed E-state index contributed by atoms with van der Waals surface area (Å²) in [6.07, 6.45) is 6.52. The normalized spacial score (nSPS) is 16.2. The van der Waals surface area contributed by atoms with E-state index in [-0.39, 0.29) is 0 Å². The van der Waals surface area contributed by atoms with Crippen LogP contribution in [0.3, 0.4) is 0 Å². The van der Waals surface area contributed by atoms with Crippen LogP contribution in [-0.2, 0) is 16.6 Å². The molecule has 0 amide bonds. The van der Waals surface area contributed by atoms with Gasteiger partial charge in [-0.3, -0.25) is 4.98 Å². The Morgan fingerprint density at radius 1 is 0.957 bits per heavy atom. The van der Waals surface area contributed by atoms with E-state index in [1.54, 1.807) is 28.8 Å². The minimum atomic E-state index is -3.35. The highest BCUT2D eigenvalue weighted by molar-refractivity contribution is 7.89. The van der Waals surface area contributed by atoms with Crippen LogP contribution in [0, 0.1) is 0 Å². The van der Waals surface area contributed by atoms with Crippen LogP contribution in [-0.4, -0.2) is 30.8 Å². The van der Waals surface area contributed by atoms with E-state index in [1.807, 2.05) is 24.3 Å². The molecule has 1 saturated heterocycles. The van der Waals surface area contributed by atoms with E-state index in [0.717, 1.165) is 30.5 Å². The second-order valence-corrected chi connectivity index (χ2v) is 7.64. The van der Waals surface area contributed by atoms with Crippen LogP contribution < -0.4 is 5.32 Å². The number of anilines is 1. The van der Waals surface area contributed by atoms with Gasteiger partial charge in [0.25, 0.3) is 0 Å². The molecule has 1 N–H and O–H groups in total. The summed E-state index contributed by atoms with van der Waals surface area (Å²) in [7, 11) is -3.35. The van der Waals surface area contributed by atoms with Crippen LogP contribution in [0.1, 0.15) is 24.8 Å². The van der Waals surface area contributed by atoms with Gasteiger partial charge < -0.3 is 5.32 Å². The molecule has 0 aliphatic carbocycles. The van der Waals surface area contributed by atoms with Crippen LogP contribution in [0.2, 0.25) is 0 Å². The summed E-state index contributed by atoms with van der Waals surface area (Å²) in [4.78, 5) is 4.35. The Balaban J connectivity index is 1.66. The Morgan fingerprint density at radius 2 is 1.61 bits per heavy atom. The topological polar surface area (TPSA) is 62.3 Å². The fraction of sp³-hybridized carbons (Fsp3) is 0.353. The Hall–Kier alpha value is -1.92. The highest BCUT2D eigenvalue weighted by Crippen LogP contribution is 2.22. The predicted octanol–water partition coefficient (Wildman–Crippen LogP) is 2.87. The maximum absolute atomic E-state index is 12.6. The van der Waals surface area contributed by atoms with E-state index in [9.17, 15) is 8.42 Å². The Bertz CT molecular complexity index is 724. The average molecular weight is 331 g/mol. The second kappa shape index (κ2) is 7.10. The van der Waals surface area contributed by atoms with E-state index in [4.69, 9.17) is 0 Å². The van der Waals surface area contributed by atoms with Crippen LogP contribution in [0.5, 0.6) is 0 Å². The molecule has 5 nitrogen and oxygen atoms in total. The van der Waals surface area contributed by atoms with Gasteiger partial charge >= 0.3 is 0 Å². The van der Waals surface area contributed by atoms with E-state index in [2.05, 4.69) is 10.3 Å². The van der Waals surface area contributed by atoms with Crippen molar-refractivity contribution in [3.8, 4) is 0 Å². The number of benzene rings is 1. The largest absolute Gasteiger partial charge is 0.381 e. The summed E-state index contributed by atoms with van der Waals surface area (Å²) < 4.78 is 26.7. The molecule has 1 aromatic heterocycles. The molecule has 3 rings (SSSR count). The summed E-state index contributed by atoms with van der Waals surface area (Å²) in [5.41, 5.74) is 2.03. The van der Waals surface area contributed by atoms with Gasteiger partial charge in [0.2, 0.25) is 10.0 Å². The molecular formula is C17H21N3O2S. The molecule has 6 heteroatoms. The smallest absolute Gasteiger partial charge is 0.243 e. The van der Waals surface area contributed by atoms with Gasteiger partial charge in [-0.2, -0.15) is 4.31 Å². The van der Waals surface area contributed by atoms with Crippen LogP contribution in [0.15, 0.2) is 53.7 Å². The molecule has 0 bridgehead atoms. The maximum atomic E-state index is 12.6. The number of sulfonamides is 1. The molecule has 0 unspecified atom stereocenters. The lowest BCUT2D eigenvalue weighted by molar-refractivity contribution is 0.346. The Kier molecular flexibility index (Phi) is 4.93. The van der Waals surface area contributed by atoms with Crippen molar-refractivity contribution in [1.29, 1.82) is 0 Å². The lowest BCUT2D eigenvalue weighted by atomic mass is 10.2. The molecule has 23 heavy (non-hydrogen) atoms. The minimum Gasteiger partial charge on any atom is -0.381 e. The fourth-order valence-electron chi connectivity index (χ4n) is 2.70. The van der Waals surface area contributed by atoms with Crippen molar-refractivity contribution >= 4 is 15.7 Å². The quantitative estimate of drug-likeness (QED) is 0.915. The molecule has 1 aliphatic rings. The van der Waals surface area contributed by atoms with Gasteiger partial charge in [0.1, 0.15) is 0 Å². The van der Waals surface area contributed by atoms with Crippen molar-refractivity contribution in [2.75, 3.05) is 18.4 Å². The van der Waals surface area contributed by atoms with Crippen molar-refractivity contribution in [2.45, 2.75) is 30.7 Å². The van der Waals surface area contributed by atoms with Crippen molar-refractivity contribution in [3.63, 3.8) is 0 Å². The third kappa shape index (κ3) is 3.89. The second-order valence-electron chi connectivity index (χ2n) is 5.70. The summed E-state index contributed by atoms with van der Waals surface area (Å²) in [5, 5.41) is 3.28. The third-order valence-corrected chi connectivity index (χ3v) is 5.97. The number of nitrogens with zero attached hydrogens (tertiary/aromatic N) is 2. The number of aromatic nitrogens is 1. The number of nitrogens with one attached hydrogen (secondary N) is 1. The number of hydrogen-bond acceptors (Lipinski definition) is 4. The predicted molar refractivity (Wildman–Crippen MR) is 90.6 cm³/mol. The minimum absolute atomic E-state index is 0.369. The first-order valence-electron chi connectivity index (χ1n) is 7.89. The maximum Gasteiger partial charge on any atom is 0.243 e. The lowest BCUT2D eigenvalue weighted by Crippen LogP contribution is -2.35. The molecule has 1 fully saturated rings. The van der Waals surface area contributed by atoms with Crippen molar-refractivity contribution in [3.05, 3.63) is 54.4 Å². The third-order valence-electron chi connectivity index (χ3n) is 4.05. The van der Waals surface area contributed by atoms with E-state index in [0.29, 0.717) is 24.5 Å². The molecule has 0 spiro atoms. The van der Waals surface area contributed by atoms with Gasteiger partial charge in [-0.25, -0.2) is 8.42 Å². The number of pyridine rings is 1. The van der Waals surface area contributed by atoms with Gasteiger partial charge in [-0.1, -0.05) is 6.42 Å². The zero-order valence-corrected chi connectivity index (χ0v) is 13.8. The van der Waals surface area contributed by atoms with E-state index < -0.39 is 10.0 Å². The first-order chi connectivity index (χ1) is 11.2. The Morgan fingerprint density at radius 3 is 2.26 bits per heavy atom. The van der Waals surface area contributed by atoms with Crippen LogP contribution >= 0.6 is 0 Å². The van der Waals surface area contributed by atoms with E-state index in [1.165, 1.54) is 0 Å². The molecule has 2 aromatic rings. The Labute approximate surface area is 137 Å². The van der Waals surface area contributed by atoms with Crippen molar-refractivity contribution in [1.82, 2.24) is 9.29 Å². The zero-order chi connectivity index (χ0) is 16.1. The molecular weight excluding hydrogens is 310 g/mol. The van der Waals surface area contributed by atoms with Crippen LogP contribution in [0.4, 0.5) is 5.69 Å². The summed E-state index contributed by atoms with van der Waals surface area (Å²) >= 11 is 0. The molecule has 0 saturated carbocycles.